The van der Waals surface area contributed by atoms with Crippen LogP contribution in [0.2, 0.25) is 10.0 Å². The molecule has 2 aromatic heterocycles. The maximum atomic E-state index is 13.8. The van der Waals surface area contributed by atoms with Crippen LogP contribution in [0.5, 0.6) is 0 Å². The average molecular weight is 556 g/mol. The summed E-state index contributed by atoms with van der Waals surface area (Å²) in [5.74, 6) is -0.801. The summed E-state index contributed by atoms with van der Waals surface area (Å²) in [5, 5.41) is 22.4. The molecule has 4 unspecified atom stereocenters. The molecule has 0 bridgehead atoms. The summed E-state index contributed by atoms with van der Waals surface area (Å²) in [6, 6.07) is 8.64. The zero-order chi connectivity index (χ0) is 26.1. The molecule has 190 valence electrons. The van der Waals surface area contributed by atoms with Crippen LogP contribution >= 0.6 is 33.7 Å². The highest BCUT2D eigenvalue weighted by Gasteiger charge is 2.45. The van der Waals surface area contributed by atoms with Crippen molar-refractivity contribution >= 4 is 44.8 Å². The first-order valence-corrected chi connectivity index (χ1v) is 13.3. The van der Waals surface area contributed by atoms with E-state index in [2.05, 4.69) is 4.98 Å². The van der Waals surface area contributed by atoms with Crippen LogP contribution in [0, 0.1) is 5.92 Å². The second-order valence-electron chi connectivity index (χ2n) is 8.81. The van der Waals surface area contributed by atoms with E-state index >= 15 is 0 Å². The molecule has 1 aromatic carbocycles. The van der Waals surface area contributed by atoms with Crippen molar-refractivity contribution in [3.63, 3.8) is 0 Å². The van der Waals surface area contributed by atoms with Crippen LogP contribution in [-0.4, -0.2) is 41.2 Å². The van der Waals surface area contributed by atoms with E-state index in [1.165, 1.54) is 0 Å². The largest absolute Gasteiger partial charge is 0.413 e. The van der Waals surface area contributed by atoms with Crippen molar-refractivity contribution in [2.75, 3.05) is 0 Å². The Morgan fingerprint density at radius 2 is 1.83 bits per heavy atom. The van der Waals surface area contributed by atoms with Gasteiger partial charge in [-0.3, -0.25) is 0 Å². The molecule has 5 rings (SSSR count). The van der Waals surface area contributed by atoms with Gasteiger partial charge in [0, 0.05) is 34.0 Å². The first kappa shape index (κ1) is 25.5. The maximum Gasteiger partial charge on any atom is 0.413 e. The standard InChI is InChI=1S/C25H22Cl2F3N3O2S/c1-4-13-15(25(28,29)30)10-18-21(22(13)34)33(3)23(32-18)20-19(36-11(2)24(36)35)8-7-17(31-20)14-6-5-12(26)9-16(14)27/h5-11,13,22,34-35H,4H2,1-3H3. The number of aromatic nitrogens is 3. The molecule has 11 heteroatoms. The van der Waals surface area contributed by atoms with Crippen LogP contribution in [0.3, 0.4) is 0 Å². The van der Waals surface area contributed by atoms with E-state index in [9.17, 15) is 23.4 Å². The van der Waals surface area contributed by atoms with Gasteiger partial charge in [0.1, 0.15) is 11.8 Å². The van der Waals surface area contributed by atoms with Crippen LogP contribution in [0.25, 0.3) is 28.9 Å². The summed E-state index contributed by atoms with van der Waals surface area (Å²) in [4.78, 5) is 10.1. The van der Waals surface area contributed by atoms with E-state index in [-0.39, 0.29) is 17.4 Å². The van der Waals surface area contributed by atoms with Crippen molar-refractivity contribution in [1.29, 1.82) is 0 Å². The average Bonchev–Trinajstić information content (AvgIpc) is 3.25. The summed E-state index contributed by atoms with van der Waals surface area (Å²) < 4.78 is 42.9. The van der Waals surface area contributed by atoms with Crippen molar-refractivity contribution in [3.8, 4) is 22.8 Å². The number of benzene rings is 1. The molecule has 3 heterocycles. The topological polar surface area (TPSA) is 71.2 Å². The molecule has 0 saturated heterocycles. The lowest BCUT2D eigenvalue weighted by molar-refractivity contribution is -0.105. The van der Waals surface area contributed by atoms with Crippen LogP contribution in [0.1, 0.15) is 37.8 Å². The second-order valence-corrected chi connectivity index (χ2v) is 11.9. The summed E-state index contributed by atoms with van der Waals surface area (Å²) >= 11 is 12.5. The number of hydrogen-bond acceptors (Lipinski definition) is 3. The smallest absolute Gasteiger partial charge is 0.386 e. The molecule has 0 amide bonds. The van der Waals surface area contributed by atoms with Crippen molar-refractivity contribution in [3.05, 3.63) is 57.3 Å². The maximum absolute atomic E-state index is 13.8. The Balaban J connectivity index is 1.73. The molecule has 3 aromatic rings. The van der Waals surface area contributed by atoms with Gasteiger partial charge in [0.2, 0.25) is 0 Å². The van der Waals surface area contributed by atoms with Gasteiger partial charge >= 0.3 is 6.18 Å². The second kappa shape index (κ2) is 8.99. The first-order chi connectivity index (χ1) is 16.9. The Morgan fingerprint density at radius 3 is 2.42 bits per heavy atom. The van der Waals surface area contributed by atoms with Gasteiger partial charge in [-0.25, -0.2) is 9.97 Å². The number of halogens is 5. The number of aliphatic hydroxyl groups excluding tert-OH is 2. The fourth-order valence-corrected chi connectivity index (χ4v) is 7.07. The Kier molecular flexibility index (Phi) is 6.36. The molecule has 1 aliphatic heterocycles. The SMILES string of the molecule is CCC1C(C(F)(F)F)=Cc2nc(-c3nc(-c4ccc(Cl)cc4Cl)ccc3S3=C(O)C3C)n(C)c2C1O. The van der Waals surface area contributed by atoms with Gasteiger partial charge in [0.15, 0.2) is 5.82 Å². The van der Waals surface area contributed by atoms with E-state index in [1.54, 1.807) is 42.8 Å². The molecule has 0 spiro atoms. The molecular weight excluding hydrogens is 534 g/mol. The molecule has 2 N–H and O–H groups in total. The number of alkyl halides is 3. The van der Waals surface area contributed by atoms with Crippen LogP contribution < -0.4 is 0 Å². The third kappa shape index (κ3) is 4.11. The van der Waals surface area contributed by atoms with E-state index in [1.807, 2.05) is 13.0 Å². The summed E-state index contributed by atoms with van der Waals surface area (Å²) in [5.41, 5.74) is 1.11. The highest BCUT2D eigenvalue weighted by atomic mass is 35.5. The molecule has 5 nitrogen and oxygen atoms in total. The van der Waals surface area contributed by atoms with Gasteiger partial charge < -0.3 is 14.8 Å². The summed E-state index contributed by atoms with van der Waals surface area (Å²) in [6.45, 7) is 3.51. The van der Waals surface area contributed by atoms with Crippen molar-refractivity contribution in [2.24, 2.45) is 13.0 Å². The fraction of sp³-hybridized carbons (Fsp3) is 0.320. The van der Waals surface area contributed by atoms with E-state index in [0.717, 1.165) is 11.0 Å². The van der Waals surface area contributed by atoms with Crippen molar-refractivity contribution in [1.82, 2.24) is 14.5 Å². The van der Waals surface area contributed by atoms with Gasteiger partial charge in [-0.2, -0.15) is 13.2 Å². The van der Waals surface area contributed by atoms with Gasteiger partial charge in [-0.05, 0) is 49.8 Å². The van der Waals surface area contributed by atoms with Gasteiger partial charge in [0.25, 0.3) is 0 Å². The van der Waals surface area contributed by atoms with Crippen LogP contribution in [0.4, 0.5) is 13.2 Å². The number of aliphatic hydroxyl groups is 2. The molecule has 36 heavy (non-hydrogen) atoms. The molecule has 2 aliphatic rings. The molecule has 0 saturated carbocycles. The number of imidazole rings is 1. The zero-order valence-corrected chi connectivity index (χ0v) is 21.8. The number of fused-ring (bicyclic) bond motifs is 1. The highest BCUT2D eigenvalue weighted by Crippen LogP contribution is 2.51. The zero-order valence-electron chi connectivity index (χ0n) is 19.4. The Morgan fingerprint density at radius 1 is 1.14 bits per heavy atom. The minimum Gasteiger partial charge on any atom is -0.386 e. The Bertz CT molecular complexity index is 1470. The van der Waals surface area contributed by atoms with Crippen molar-refractivity contribution in [2.45, 2.75) is 42.7 Å². The number of hydrogen-bond donors (Lipinski definition) is 2. The lowest BCUT2D eigenvalue weighted by Gasteiger charge is -2.30. The van der Waals surface area contributed by atoms with Gasteiger partial charge in [0.05, 0.1) is 32.4 Å². The van der Waals surface area contributed by atoms with E-state index in [0.29, 0.717) is 43.6 Å². The van der Waals surface area contributed by atoms with E-state index < -0.39 is 34.3 Å². The molecular formula is C25H22Cl2F3N3O2S. The number of nitrogens with zero attached hydrogens (tertiary/aromatic N) is 3. The summed E-state index contributed by atoms with van der Waals surface area (Å²) in [7, 11) is 1.06. The predicted molar refractivity (Wildman–Crippen MR) is 138 cm³/mol. The van der Waals surface area contributed by atoms with E-state index in [4.69, 9.17) is 28.2 Å². The molecule has 0 radical (unpaired) electrons. The van der Waals surface area contributed by atoms with Gasteiger partial charge in [-0.1, -0.05) is 30.1 Å². The third-order valence-corrected chi connectivity index (χ3v) is 9.50. The highest BCUT2D eigenvalue weighted by molar-refractivity contribution is 8.24. The lowest BCUT2D eigenvalue weighted by Crippen LogP contribution is -2.28. The van der Waals surface area contributed by atoms with Crippen molar-refractivity contribution < 1.29 is 23.4 Å². The Hall–Kier alpha value is -2.17. The first-order valence-electron chi connectivity index (χ1n) is 11.2. The number of pyridine rings is 1. The van der Waals surface area contributed by atoms with Gasteiger partial charge in [-0.15, -0.1) is 10.5 Å². The summed E-state index contributed by atoms with van der Waals surface area (Å²) in [6.07, 6.45) is -4.83. The third-order valence-electron chi connectivity index (χ3n) is 6.67. The Labute approximate surface area is 218 Å². The van der Waals surface area contributed by atoms with Crippen LogP contribution in [0.15, 0.2) is 40.8 Å². The normalized spacial score (nSPS) is 23.5. The van der Waals surface area contributed by atoms with Crippen LogP contribution in [-0.2, 0) is 7.05 Å². The quantitative estimate of drug-likeness (QED) is 0.334. The molecule has 1 aliphatic carbocycles. The predicted octanol–water partition coefficient (Wildman–Crippen LogP) is 7.19. The lowest BCUT2D eigenvalue weighted by atomic mass is 9.83. The molecule has 4 atom stereocenters. The molecule has 0 fully saturated rings. The number of rotatable bonds is 4. The fourth-order valence-electron chi connectivity index (χ4n) is 4.74. The monoisotopic (exact) mass is 555 g/mol. The minimum atomic E-state index is -4.59. The minimum absolute atomic E-state index is 0.0556.